The summed E-state index contributed by atoms with van der Waals surface area (Å²) in [7, 11) is 1.85. The lowest BCUT2D eigenvalue weighted by Gasteiger charge is -2.35. The van der Waals surface area contributed by atoms with E-state index in [-0.39, 0.29) is 18.2 Å². The number of aromatic nitrogens is 4. The Balaban J connectivity index is 1.49. The Morgan fingerprint density at radius 1 is 1.36 bits per heavy atom. The van der Waals surface area contributed by atoms with Crippen molar-refractivity contribution in [3.05, 3.63) is 29.7 Å². The van der Waals surface area contributed by atoms with Crippen LogP contribution in [0.4, 0.5) is 10.6 Å². The summed E-state index contributed by atoms with van der Waals surface area (Å²) in [5, 5.41) is 14.4. The fraction of sp³-hybridized carbons (Fsp3) is 0.588. The minimum absolute atomic E-state index is 0.0468. The highest BCUT2D eigenvalue weighted by molar-refractivity contribution is 5.88. The van der Waals surface area contributed by atoms with Crippen LogP contribution in [-0.2, 0) is 11.8 Å². The van der Waals surface area contributed by atoms with Crippen LogP contribution in [0.1, 0.15) is 55.5 Å². The minimum Gasteiger partial charge on any atom is -0.372 e. The van der Waals surface area contributed by atoms with E-state index >= 15 is 0 Å². The SMILES string of the molecule is Cn1nc([C@@H]2CCCO2)cc1NC(=O)N1CCCC[C@H]1c1cn[nH]c1. The molecular formula is C17H24N6O2. The molecule has 2 fully saturated rings. The van der Waals surface area contributed by atoms with Gasteiger partial charge in [0.1, 0.15) is 11.9 Å². The van der Waals surface area contributed by atoms with Crippen LogP contribution in [0.25, 0.3) is 0 Å². The number of likely N-dealkylation sites (tertiary alicyclic amines) is 1. The van der Waals surface area contributed by atoms with Gasteiger partial charge in [-0.05, 0) is 32.1 Å². The number of rotatable bonds is 3. The molecule has 0 saturated carbocycles. The van der Waals surface area contributed by atoms with E-state index in [0.29, 0.717) is 5.82 Å². The number of aryl methyl sites for hydroxylation is 1. The van der Waals surface area contributed by atoms with Crippen LogP contribution in [0, 0.1) is 0 Å². The third kappa shape index (κ3) is 3.26. The van der Waals surface area contributed by atoms with Crippen LogP contribution in [0.3, 0.4) is 0 Å². The molecule has 2 aromatic rings. The monoisotopic (exact) mass is 344 g/mol. The van der Waals surface area contributed by atoms with E-state index in [1.807, 2.05) is 24.2 Å². The second-order valence-electron chi connectivity index (χ2n) is 6.75. The van der Waals surface area contributed by atoms with E-state index in [1.54, 1.807) is 10.9 Å². The van der Waals surface area contributed by atoms with Gasteiger partial charge in [0.05, 0.1) is 17.9 Å². The molecule has 2 aliphatic heterocycles. The summed E-state index contributed by atoms with van der Waals surface area (Å²) in [6.07, 6.45) is 8.86. The maximum atomic E-state index is 12.9. The molecule has 2 amide bonds. The molecule has 0 radical (unpaired) electrons. The van der Waals surface area contributed by atoms with E-state index in [1.165, 1.54) is 0 Å². The number of carbonyl (C=O) groups is 1. The number of aromatic amines is 1. The normalized spacial score (nSPS) is 23.8. The number of nitrogens with one attached hydrogen (secondary N) is 2. The Morgan fingerprint density at radius 2 is 2.28 bits per heavy atom. The van der Waals surface area contributed by atoms with Gasteiger partial charge in [-0.15, -0.1) is 0 Å². The summed E-state index contributed by atoms with van der Waals surface area (Å²) in [6, 6.07) is 1.90. The Hall–Kier alpha value is -2.35. The number of anilines is 1. The molecule has 2 aromatic heterocycles. The summed E-state index contributed by atoms with van der Waals surface area (Å²) in [5.74, 6) is 0.701. The lowest BCUT2D eigenvalue weighted by atomic mass is 9.98. The predicted molar refractivity (Wildman–Crippen MR) is 92.0 cm³/mol. The Labute approximate surface area is 146 Å². The highest BCUT2D eigenvalue weighted by Crippen LogP contribution is 2.32. The van der Waals surface area contributed by atoms with Gasteiger partial charge in [-0.1, -0.05) is 0 Å². The lowest BCUT2D eigenvalue weighted by Crippen LogP contribution is -2.41. The second-order valence-corrected chi connectivity index (χ2v) is 6.75. The molecule has 8 heteroatoms. The number of nitrogens with zero attached hydrogens (tertiary/aromatic N) is 4. The number of piperidine rings is 1. The number of H-pyrrole nitrogens is 1. The van der Waals surface area contributed by atoms with Gasteiger partial charge in [0.2, 0.25) is 0 Å². The van der Waals surface area contributed by atoms with Crippen LogP contribution < -0.4 is 5.32 Å². The molecule has 0 bridgehead atoms. The number of carbonyl (C=O) groups excluding carboxylic acids is 1. The van der Waals surface area contributed by atoms with Crippen LogP contribution >= 0.6 is 0 Å². The van der Waals surface area contributed by atoms with Gasteiger partial charge in [-0.2, -0.15) is 10.2 Å². The van der Waals surface area contributed by atoms with Crippen molar-refractivity contribution in [2.45, 2.75) is 44.2 Å². The van der Waals surface area contributed by atoms with Crippen LogP contribution in [0.15, 0.2) is 18.5 Å². The number of hydrogen-bond acceptors (Lipinski definition) is 4. The number of urea groups is 1. The molecule has 2 N–H and O–H groups in total. The number of ether oxygens (including phenoxy) is 1. The highest BCUT2D eigenvalue weighted by Gasteiger charge is 2.29. The maximum Gasteiger partial charge on any atom is 0.323 e. The van der Waals surface area contributed by atoms with Crippen LogP contribution in [0.5, 0.6) is 0 Å². The number of hydrogen-bond donors (Lipinski definition) is 2. The second kappa shape index (κ2) is 6.87. The molecule has 0 aromatic carbocycles. The Morgan fingerprint density at radius 3 is 3.04 bits per heavy atom. The average molecular weight is 344 g/mol. The lowest BCUT2D eigenvalue weighted by molar-refractivity contribution is 0.108. The molecule has 2 aliphatic rings. The summed E-state index contributed by atoms with van der Waals surface area (Å²) >= 11 is 0. The number of amides is 2. The van der Waals surface area contributed by atoms with Crippen molar-refractivity contribution in [2.24, 2.45) is 7.05 Å². The van der Waals surface area contributed by atoms with Crippen molar-refractivity contribution >= 4 is 11.8 Å². The molecule has 2 saturated heterocycles. The first-order valence-corrected chi connectivity index (χ1v) is 8.94. The third-order valence-corrected chi connectivity index (χ3v) is 5.06. The molecule has 134 valence electrons. The standard InChI is InChI=1S/C17H24N6O2/c1-22-16(9-13(21-22)15-6-4-8-25-15)20-17(24)23-7-3-2-5-14(23)12-10-18-19-11-12/h9-11,14-15H,2-8H2,1H3,(H,18,19)(H,20,24)/t14-,15-/m0/s1. The average Bonchev–Trinajstić information content (AvgIpc) is 3.37. The molecule has 0 aliphatic carbocycles. The molecular weight excluding hydrogens is 320 g/mol. The predicted octanol–water partition coefficient (Wildman–Crippen LogP) is 2.75. The highest BCUT2D eigenvalue weighted by atomic mass is 16.5. The van der Waals surface area contributed by atoms with Crippen molar-refractivity contribution < 1.29 is 9.53 Å². The smallest absolute Gasteiger partial charge is 0.323 e. The molecule has 0 spiro atoms. The zero-order valence-electron chi connectivity index (χ0n) is 14.4. The van der Waals surface area contributed by atoms with Crippen molar-refractivity contribution in [3.63, 3.8) is 0 Å². The molecule has 2 atom stereocenters. The Kier molecular flexibility index (Phi) is 4.44. The molecule has 4 heterocycles. The van der Waals surface area contributed by atoms with Gasteiger partial charge in [0.25, 0.3) is 0 Å². The van der Waals surface area contributed by atoms with E-state index in [2.05, 4.69) is 20.6 Å². The molecule has 25 heavy (non-hydrogen) atoms. The van der Waals surface area contributed by atoms with Gasteiger partial charge in [-0.3, -0.25) is 15.1 Å². The molecule has 8 nitrogen and oxygen atoms in total. The summed E-state index contributed by atoms with van der Waals surface area (Å²) < 4.78 is 7.40. The van der Waals surface area contributed by atoms with E-state index in [9.17, 15) is 4.79 Å². The summed E-state index contributed by atoms with van der Waals surface area (Å²) in [5.41, 5.74) is 1.94. The quantitative estimate of drug-likeness (QED) is 0.896. The van der Waals surface area contributed by atoms with Gasteiger partial charge < -0.3 is 9.64 Å². The van der Waals surface area contributed by atoms with Gasteiger partial charge in [0, 0.05) is 38.0 Å². The first-order valence-electron chi connectivity index (χ1n) is 8.94. The zero-order valence-corrected chi connectivity index (χ0v) is 14.4. The van der Waals surface area contributed by atoms with Crippen LogP contribution in [-0.4, -0.2) is 44.1 Å². The molecule has 0 unspecified atom stereocenters. The van der Waals surface area contributed by atoms with Crippen molar-refractivity contribution in [3.8, 4) is 0 Å². The summed E-state index contributed by atoms with van der Waals surface area (Å²) in [4.78, 5) is 14.8. The van der Waals surface area contributed by atoms with Crippen molar-refractivity contribution in [1.29, 1.82) is 0 Å². The fourth-order valence-electron chi connectivity index (χ4n) is 3.72. The van der Waals surface area contributed by atoms with Gasteiger partial charge in [-0.25, -0.2) is 4.79 Å². The van der Waals surface area contributed by atoms with Crippen molar-refractivity contribution in [2.75, 3.05) is 18.5 Å². The first kappa shape index (κ1) is 16.1. The van der Waals surface area contributed by atoms with Crippen LogP contribution in [0.2, 0.25) is 0 Å². The van der Waals surface area contributed by atoms with E-state index < -0.39 is 0 Å². The topological polar surface area (TPSA) is 88.1 Å². The molecule has 4 rings (SSSR count). The maximum absolute atomic E-state index is 12.9. The zero-order chi connectivity index (χ0) is 17.2. The van der Waals surface area contributed by atoms with E-state index in [4.69, 9.17) is 4.74 Å². The minimum atomic E-state index is -0.0900. The largest absolute Gasteiger partial charge is 0.372 e. The van der Waals surface area contributed by atoms with Crippen molar-refractivity contribution in [1.82, 2.24) is 24.9 Å². The van der Waals surface area contributed by atoms with Gasteiger partial charge in [0.15, 0.2) is 0 Å². The first-order chi connectivity index (χ1) is 12.2. The fourth-order valence-corrected chi connectivity index (χ4v) is 3.72. The Bertz CT molecular complexity index is 720. The van der Waals surface area contributed by atoms with E-state index in [0.717, 1.165) is 56.5 Å². The van der Waals surface area contributed by atoms with Gasteiger partial charge >= 0.3 is 6.03 Å². The third-order valence-electron chi connectivity index (χ3n) is 5.06. The summed E-state index contributed by atoms with van der Waals surface area (Å²) in [6.45, 7) is 1.53.